The molecule has 3 rings (SSSR count). The maximum Gasteiger partial charge on any atom is 0.351 e. The summed E-state index contributed by atoms with van der Waals surface area (Å²) in [5, 5.41) is 0.517. The Morgan fingerprint density at radius 1 is 0.970 bits per heavy atom. The van der Waals surface area contributed by atoms with Crippen molar-refractivity contribution in [1.82, 2.24) is 0 Å². The fourth-order valence-corrected chi connectivity index (χ4v) is 3.15. The molecule has 1 aromatic heterocycles. The minimum absolute atomic E-state index is 0.0801. The minimum atomic E-state index is -0.808. The van der Waals surface area contributed by atoms with Crippen LogP contribution in [0, 0.1) is 0 Å². The Morgan fingerprint density at radius 3 is 2.33 bits per heavy atom. The number of hydrogen-bond donors (Lipinski definition) is 0. The SMILES string of the molecule is CCOC(=O)c1cc2ccc(OC(=O)CCCOc3ccc(C(C)(C)C)cc3)cc2oc1=O. The molecule has 0 aliphatic rings. The molecule has 7 heteroatoms. The molecule has 174 valence electrons. The van der Waals surface area contributed by atoms with Crippen LogP contribution in [-0.4, -0.2) is 25.2 Å². The second kappa shape index (κ2) is 10.3. The third-order valence-electron chi connectivity index (χ3n) is 4.95. The highest BCUT2D eigenvalue weighted by Gasteiger charge is 2.16. The van der Waals surface area contributed by atoms with Crippen molar-refractivity contribution >= 4 is 22.9 Å². The molecule has 0 aliphatic carbocycles. The van der Waals surface area contributed by atoms with Gasteiger partial charge in [-0.3, -0.25) is 4.79 Å². The molecule has 0 saturated heterocycles. The third-order valence-corrected chi connectivity index (χ3v) is 4.95. The molecule has 7 nitrogen and oxygen atoms in total. The summed E-state index contributed by atoms with van der Waals surface area (Å²) < 4.78 is 21.1. The Hall–Kier alpha value is -3.61. The molecular formula is C26H28O7. The van der Waals surface area contributed by atoms with E-state index >= 15 is 0 Å². The highest BCUT2D eigenvalue weighted by molar-refractivity contribution is 5.93. The van der Waals surface area contributed by atoms with Gasteiger partial charge in [-0.1, -0.05) is 32.9 Å². The quantitative estimate of drug-likeness (QED) is 0.205. The molecule has 0 fully saturated rings. The van der Waals surface area contributed by atoms with Crippen molar-refractivity contribution in [3.8, 4) is 11.5 Å². The van der Waals surface area contributed by atoms with Gasteiger partial charge in [0.2, 0.25) is 0 Å². The van der Waals surface area contributed by atoms with Crippen molar-refractivity contribution < 1.29 is 28.2 Å². The smallest absolute Gasteiger partial charge is 0.351 e. The van der Waals surface area contributed by atoms with E-state index in [-0.39, 0.29) is 35.3 Å². The molecule has 3 aromatic rings. The second-order valence-corrected chi connectivity index (χ2v) is 8.57. The molecule has 0 amide bonds. The van der Waals surface area contributed by atoms with E-state index in [0.717, 1.165) is 5.75 Å². The number of rotatable bonds is 8. The van der Waals surface area contributed by atoms with Crippen LogP contribution < -0.4 is 15.1 Å². The second-order valence-electron chi connectivity index (χ2n) is 8.57. The first-order valence-electron chi connectivity index (χ1n) is 10.9. The fourth-order valence-electron chi connectivity index (χ4n) is 3.15. The van der Waals surface area contributed by atoms with Crippen molar-refractivity contribution in [2.24, 2.45) is 0 Å². The summed E-state index contributed by atoms with van der Waals surface area (Å²) in [4.78, 5) is 36.0. The van der Waals surface area contributed by atoms with E-state index in [2.05, 4.69) is 20.8 Å². The van der Waals surface area contributed by atoms with E-state index in [1.165, 1.54) is 17.7 Å². The number of carbonyl (C=O) groups excluding carboxylic acids is 2. The van der Waals surface area contributed by atoms with Crippen LogP contribution in [0.3, 0.4) is 0 Å². The molecule has 0 N–H and O–H groups in total. The van der Waals surface area contributed by atoms with Gasteiger partial charge in [0.25, 0.3) is 0 Å². The lowest BCUT2D eigenvalue weighted by Crippen LogP contribution is -2.16. The van der Waals surface area contributed by atoms with E-state index in [9.17, 15) is 14.4 Å². The molecular weight excluding hydrogens is 424 g/mol. The molecule has 33 heavy (non-hydrogen) atoms. The average Bonchev–Trinajstić information content (AvgIpc) is 2.76. The monoisotopic (exact) mass is 452 g/mol. The number of carbonyl (C=O) groups is 2. The number of esters is 2. The number of ether oxygens (including phenoxy) is 3. The molecule has 0 aliphatic heterocycles. The first kappa shape index (κ1) is 24.0. The molecule has 2 aromatic carbocycles. The largest absolute Gasteiger partial charge is 0.494 e. The molecule has 0 saturated carbocycles. The summed E-state index contributed by atoms with van der Waals surface area (Å²) in [7, 11) is 0. The van der Waals surface area contributed by atoms with Crippen molar-refractivity contribution in [1.29, 1.82) is 0 Å². The average molecular weight is 453 g/mol. The highest BCUT2D eigenvalue weighted by Crippen LogP contribution is 2.24. The van der Waals surface area contributed by atoms with E-state index < -0.39 is 17.6 Å². The van der Waals surface area contributed by atoms with Crippen molar-refractivity contribution in [2.45, 2.75) is 46.0 Å². The van der Waals surface area contributed by atoms with Crippen LogP contribution in [-0.2, 0) is 14.9 Å². The molecule has 0 spiro atoms. The van der Waals surface area contributed by atoms with E-state index in [4.69, 9.17) is 18.6 Å². The van der Waals surface area contributed by atoms with Crippen LogP contribution in [0.1, 0.15) is 56.5 Å². The predicted octanol–water partition coefficient (Wildman–Crippen LogP) is 5.03. The third kappa shape index (κ3) is 6.44. The van der Waals surface area contributed by atoms with Gasteiger partial charge in [-0.15, -0.1) is 0 Å². The van der Waals surface area contributed by atoms with Crippen LogP contribution in [0.25, 0.3) is 11.0 Å². The topological polar surface area (TPSA) is 92.0 Å². The number of benzene rings is 2. The zero-order valence-electron chi connectivity index (χ0n) is 19.3. The zero-order chi connectivity index (χ0) is 24.0. The Bertz CT molecular complexity index is 1180. The van der Waals surface area contributed by atoms with Crippen LogP contribution >= 0.6 is 0 Å². The van der Waals surface area contributed by atoms with E-state index in [1.807, 2.05) is 24.3 Å². The van der Waals surface area contributed by atoms with Gasteiger partial charge in [0, 0.05) is 17.9 Å². The van der Waals surface area contributed by atoms with Crippen molar-refractivity contribution in [3.05, 3.63) is 70.1 Å². The normalized spacial score (nSPS) is 11.3. The summed E-state index contributed by atoms with van der Waals surface area (Å²) in [6.45, 7) is 8.64. The van der Waals surface area contributed by atoms with Crippen molar-refractivity contribution in [3.63, 3.8) is 0 Å². The molecule has 0 radical (unpaired) electrons. The minimum Gasteiger partial charge on any atom is -0.494 e. The van der Waals surface area contributed by atoms with Crippen LogP contribution in [0.15, 0.2) is 57.7 Å². The summed E-state index contributed by atoms with van der Waals surface area (Å²) >= 11 is 0. The van der Waals surface area contributed by atoms with Gasteiger partial charge in [0.15, 0.2) is 0 Å². The predicted molar refractivity (Wildman–Crippen MR) is 124 cm³/mol. The highest BCUT2D eigenvalue weighted by atomic mass is 16.5. The number of hydrogen-bond acceptors (Lipinski definition) is 7. The zero-order valence-corrected chi connectivity index (χ0v) is 19.3. The van der Waals surface area contributed by atoms with E-state index in [0.29, 0.717) is 18.4 Å². The molecule has 0 unspecified atom stereocenters. The molecule has 0 atom stereocenters. The van der Waals surface area contributed by atoms with Gasteiger partial charge in [-0.05, 0) is 54.7 Å². The van der Waals surface area contributed by atoms with Gasteiger partial charge in [-0.2, -0.15) is 0 Å². The van der Waals surface area contributed by atoms with Gasteiger partial charge in [0.05, 0.1) is 13.2 Å². The summed E-state index contributed by atoms with van der Waals surface area (Å²) in [6, 6.07) is 13.9. The van der Waals surface area contributed by atoms with Crippen LogP contribution in [0.4, 0.5) is 0 Å². The Kier molecular flexibility index (Phi) is 7.53. The summed E-state index contributed by atoms with van der Waals surface area (Å²) in [5.74, 6) is -0.163. The number of fused-ring (bicyclic) bond motifs is 1. The van der Waals surface area contributed by atoms with Gasteiger partial charge in [0.1, 0.15) is 22.6 Å². The first-order chi connectivity index (χ1) is 15.7. The standard InChI is InChI=1S/C26H28O7/c1-5-30-24(28)21-15-17-8-11-20(16-22(17)33-25(21)29)32-23(27)7-6-14-31-19-12-9-18(10-13-19)26(2,3)4/h8-13,15-16H,5-7,14H2,1-4H3. The Balaban J connectivity index is 1.52. The Labute approximate surface area is 192 Å². The van der Waals surface area contributed by atoms with Gasteiger partial charge < -0.3 is 18.6 Å². The van der Waals surface area contributed by atoms with Crippen LogP contribution in [0.2, 0.25) is 0 Å². The van der Waals surface area contributed by atoms with Gasteiger partial charge >= 0.3 is 17.6 Å². The van der Waals surface area contributed by atoms with Crippen molar-refractivity contribution in [2.75, 3.05) is 13.2 Å². The van der Waals surface area contributed by atoms with Crippen LogP contribution in [0.5, 0.6) is 11.5 Å². The summed E-state index contributed by atoms with van der Waals surface area (Å²) in [5.41, 5.74) is 0.526. The lowest BCUT2D eigenvalue weighted by Gasteiger charge is -2.19. The molecule has 0 bridgehead atoms. The Morgan fingerprint density at radius 2 is 1.67 bits per heavy atom. The van der Waals surface area contributed by atoms with Gasteiger partial charge in [-0.25, -0.2) is 9.59 Å². The lowest BCUT2D eigenvalue weighted by atomic mass is 9.87. The summed E-state index contributed by atoms with van der Waals surface area (Å²) in [6.07, 6.45) is 0.662. The maximum atomic E-state index is 12.2. The fraction of sp³-hybridized carbons (Fsp3) is 0.346. The molecule has 1 heterocycles. The van der Waals surface area contributed by atoms with E-state index in [1.54, 1.807) is 19.1 Å². The first-order valence-corrected chi connectivity index (χ1v) is 10.9. The lowest BCUT2D eigenvalue weighted by molar-refractivity contribution is -0.134. The maximum absolute atomic E-state index is 12.2.